The molecule has 1 aliphatic heterocycles. The first kappa shape index (κ1) is 15.7. The van der Waals surface area contributed by atoms with Crippen molar-refractivity contribution < 1.29 is 4.79 Å². The summed E-state index contributed by atoms with van der Waals surface area (Å²) in [6, 6.07) is 16.0. The predicted octanol–water partition coefficient (Wildman–Crippen LogP) is 3.73. The number of hydrogen-bond donors (Lipinski definition) is 2. The van der Waals surface area contributed by atoms with Crippen LogP contribution in [0.4, 0.5) is 11.6 Å². The summed E-state index contributed by atoms with van der Waals surface area (Å²) < 4.78 is 0. The van der Waals surface area contributed by atoms with Crippen LogP contribution in [0.25, 0.3) is 11.0 Å². The molecule has 25 heavy (non-hydrogen) atoms. The van der Waals surface area contributed by atoms with Gasteiger partial charge in [-0.3, -0.25) is 4.79 Å². The average molecular weight is 334 g/mol. The molecule has 1 aliphatic rings. The third kappa shape index (κ3) is 3.36. The summed E-state index contributed by atoms with van der Waals surface area (Å²) in [5.74, 6) is 1.08. The fourth-order valence-electron chi connectivity index (χ4n) is 3.32. The highest BCUT2D eigenvalue weighted by Gasteiger charge is 2.26. The molecule has 2 aromatic carbocycles. The number of rotatable bonds is 3. The molecule has 2 N–H and O–H groups in total. The molecule has 1 saturated heterocycles. The third-order valence-electron chi connectivity index (χ3n) is 4.86. The zero-order valence-corrected chi connectivity index (χ0v) is 14.3. The monoisotopic (exact) mass is 334 g/mol. The van der Waals surface area contributed by atoms with Crippen LogP contribution in [0.2, 0.25) is 0 Å². The molecular weight excluding hydrogens is 312 g/mol. The van der Waals surface area contributed by atoms with E-state index in [-0.39, 0.29) is 11.8 Å². The minimum Gasteiger partial charge on any atom is -0.342 e. The third-order valence-corrected chi connectivity index (χ3v) is 4.86. The second-order valence-corrected chi connectivity index (χ2v) is 6.69. The smallest absolute Gasteiger partial charge is 0.227 e. The van der Waals surface area contributed by atoms with Crippen molar-refractivity contribution >= 4 is 28.6 Å². The van der Waals surface area contributed by atoms with E-state index >= 15 is 0 Å². The first-order valence-electron chi connectivity index (χ1n) is 8.76. The van der Waals surface area contributed by atoms with E-state index in [4.69, 9.17) is 0 Å². The highest BCUT2D eigenvalue weighted by Crippen LogP contribution is 2.24. The van der Waals surface area contributed by atoms with Crippen LogP contribution < -0.4 is 10.2 Å². The first-order valence-corrected chi connectivity index (χ1v) is 8.76. The van der Waals surface area contributed by atoms with Crippen LogP contribution >= 0.6 is 0 Å². The number of aromatic amines is 1. The Bertz CT molecular complexity index is 843. The van der Waals surface area contributed by atoms with E-state index in [1.165, 1.54) is 5.56 Å². The number of nitrogens with one attached hydrogen (secondary N) is 2. The van der Waals surface area contributed by atoms with Crippen LogP contribution in [-0.4, -0.2) is 29.0 Å². The Morgan fingerprint density at radius 3 is 2.56 bits per heavy atom. The molecule has 0 spiro atoms. The predicted molar refractivity (Wildman–Crippen MR) is 101 cm³/mol. The maximum atomic E-state index is 12.5. The quantitative estimate of drug-likeness (QED) is 0.767. The van der Waals surface area contributed by atoms with Crippen LogP contribution in [0.5, 0.6) is 0 Å². The van der Waals surface area contributed by atoms with E-state index in [1.54, 1.807) is 0 Å². The number of aromatic nitrogens is 2. The van der Waals surface area contributed by atoms with Gasteiger partial charge in [-0.1, -0.05) is 29.8 Å². The van der Waals surface area contributed by atoms with Gasteiger partial charge in [-0.05, 0) is 44.0 Å². The number of anilines is 2. The highest BCUT2D eigenvalue weighted by molar-refractivity contribution is 5.92. The second kappa shape index (κ2) is 6.59. The van der Waals surface area contributed by atoms with Crippen molar-refractivity contribution in [3.63, 3.8) is 0 Å². The van der Waals surface area contributed by atoms with E-state index in [1.807, 2.05) is 55.5 Å². The lowest BCUT2D eigenvalue weighted by molar-refractivity contribution is -0.120. The van der Waals surface area contributed by atoms with Gasteiger partial charge in [0, 0.05) is 24.7 Å². The molecule has 0 unspecified atom stereocenters. The summed E-state index contributed by atoms with van der Waals surface area (Å²) in [4.78, 5) is 22.7. The lowest BCUT2D eigenvalue weighted by atomic mass is 9.96. The van der Waals surface area contributed by atoms with Crippen molar-refractivity contribution in [2.45, 2.75) is 19.8 Å². The summed E-state index contributed by atoms with van der Waals surface area (Å²) in [6.07, 6.45) is 1.68. The number of para-hydroxylation sites is 2. The van der Waals surface area contributed by atoms with E-state index in [9.17, 15) is 4.79 Å². The normalized spacial score (nSPS) is 15.5. The molecule has 4 rings (SSSR count). The molecule has 5 heteroatoms. The minimum atomic E-state index is 0.0573. The Morgan fingerprint density at radius 2 is 1.84 bits per heavy atom. The summed E-state index contributed by atoms with van der Waals surface area (Å²) >= 11 is 0. The Labute approximate surface area is 147 Å². The molecular formula is C20H22N4O. The lowest BCUT2D eigenvalue weighted by Gasteiger charge is -2.31. The zero-order valence-electron chi connectivity index (χ0n) is 14.3. The minimum absolute atomic E-state index is 0.0573. The molecule has 1 amide bonds. The fourth-order valence-corrected chi connectivity index (χ4v) is 3.32. The number of amides is 1. The highest BCUT2D eigenvalue weighted by atomic mass is 16.1. The summed E-state index contributed by atoms with van der Waals surface area (Å²) in [5, 5.41) is 3.03. The van der Waals surface area contributed by atoms with E-state index in [0.717, 1.165) is 48.6 Å². The zero-order chi connectivity index (χ0) is 17.2. The number of piperidine rings is 1. The Hall–Kier alpha value is -2.82. The van der Waals surface area contributed by atoms with Gasteiger partial charge in [-0.25, -0.2) is 4.98 Å². The Kier molecular flexibility index (Phi) is 4.14. The van der Waals surface area contributed by atoms with Gasteiger partial charge in [0.05, 0.1) is 11.0 Å². The number of fused-ring (bicyclic) bond motifs is 1. The molecule has 5 nitrogen and oxygen atoms in total. The molecule has 2 heterocycles. The van der Waals surface area contributed by atoms with Gasteiger partial charge in [0.1, 0.15) is 0 Å². The van der Waals surface area contributed by atoms with Gasteiger partial charge in [0.25, 0.3) is 0 Å². The largest absolute Gasteiger partial charge is 0.342 e. The Morgan fingerprint density at radius 1 is 1.12 bits per heavy atom. The molecule has 0 radical (unpaired) electrons. The SMILES string of the molecule is Cc1ccc(NC(=O)C2CCN(c3nc4ccccc4[nH]3)CC2)cc1. The first-order chi connectivity index (χ1) is 12.2. The Balaban J connectivity index is 1.37. The van der Waals surface area contributed by atoms with Crippen molar-refractivity contribution in [1.29, 1.82) is 0 Å². The van der Waals surface area contributed by atoms with E-state index < -0.39 is 0 Å². The van der Waals surface area contributed by atoms with Crippen molar-refractivity contribution in [2.24, 2.45) is 5.92 Å². The molecule has 1 fully saturated rings. The van der Waals surface area contributed by atoms with Gasteiger partial charge in [-0.15, -0.1) is 0 Å². The lowest BCUT2D eigenvalue weighted by Crippen LogP contribution is -2.38. The van der Waals surface area contributed by atoms with Crippen LogP contribution in [0, 0.1) is 12.8 Å². The van der Waals surface area contributed by atoms with Crippen LogP contribution in [0.1, 0.15) is 18.4 Å². The standard InChI is InChI=1S/C20H22N4O/c1-14-6-8-16(9-7-14)21-19(25)15-10-12-24(13-11-15)20-22-17-4-2-3-5-18(17)23-20/h2-9,15H,10-13H2,1H3,(H,21,25)(H,22,23). The number of hydrogen-bond acceptors (Lipinski definition) is 3. The molecule has 3 aromatic rings. The number of H-pyrrole nitrogens is 1. The maximum absolute atomic E-state index is 12.5. The van der Waals surface area contributed by atoms with Gasteiger partial charge >= 0.3 is 0 Å². The van der Waals surface area contributed by atoms with Crippen molar-refractivity contribution in [2.75, 3.05) is 23.3 Å². The number of benzene rings is 2. The van der Waals surface area contributed by atoms with Crippen molar-refractivity contribution in [3.8, 4) is 0 Å². The molecule has 0 atom stereocenters. The molecule has 0 aliphatic carbocycles. The average Bonchev–Trinajstić information content (AvgIpc) is 3.08. The summed E-state index contributed by atoms with van der Waals surface area (Å²) in [5.41, 5.74) is 4.10. The fraction of sp³-hybridized carbons (Fsp3) is 0.300. The second-order valence-electron chi connectivity index (χ2n) is 6.69. The van der Waals surface area contributed by atoms with Crippen LogP contribution in [0.15, 0.2) is 48.5 Å². The van der Waals surface area contributed by atoms with Crippen LogP contribution in [0.3, 0.4) is 0 Å². The maximum Gasteiger partial charge on any atom is 0.227 e. The summed E-state index contributed by atoms with van der Waals surface area (Å²) in [7, 11) is 0. The number of imidazole rings is 1. The van der Waals surface area contributed by atoms with Crippen LogP contribution in [-0.2, 0) is 4.79 Å². The number of nitrogens with zero attached hydrogens (tertiary/aromatic N) is 2. The number of carbonyl (C=O) groups is 1. The molecule has 128 valence electrons. The van der Waals surface area contributed by atoms with Crippen molar-refractivity contribution in [3.05, 3.63) is 54.1 Å². The molecule has 1 aromatic heterocycles. The van der Waals surface area contributed by atoms with Gasteiger partial charge < -0.3 is 15.2 Å². The molecule has 0 saturated carbocycles. The molecule has 0 bridgehead atoms. The summed E-state index contributed by atoms with van der Waals surface area (Å²) in [6.45, 7) is 3.72. The topological polar surface area (TPSA) is 61.0 Å². The van der Waals surface area contributed by atoms with Gasteiger partial charge in [0.2, 0.25) is 11.9 Å². The van der Waals surface area contributed by atoms with Gasteiger partial charge in [-0.2, -0.15) is 0 Å². The van der Waals surface area contributed by atoms with Gasteiger partial charge in [0.15, 0.2) is 0 Å². The van der Waals surface area contributed by atoms with E-state index in [2.05, 4.69) is 20.2 Å². The number of aryl methyl sites for hydroxylation is 1. The number of carbonyl (C=O) groups excluding carboxylic acids is 1. The van der Waals surface area contributed by atoms with E-state index in [0.29, 0.717) is 0 Å². The van der Waals surface area contributed by atoms with Crippen molar-refractivity contribution in [1.82, 2.24) is 9.97 Å².